The van der Waals surface area contributed by atoms with E-state index in [0.717, 1.165) is 25.1 Å². The minimum Gasteiger partial charge on any atom is -0.489 e. The molecule has 1 N–H and O–H groups in total. The lowest BCUT2D eigenvalue weighted by atomic mass is 10.0. The SMILES string of the molecule is CC(NCC1CCc2ccccc2O1)c1ccccc1. The van der Waals surface area contributed by atoms with Crippen LogP contribution in [0.2, 0.25) is 0 Å². The maximum atomic E-state index is 6.06. The Morgan fingerprint density at radius 1 is 1.10 bits per heavy atom. The lowest BCUT2D eigenvalue weighted by Crippen LogP contribution is -2.35. The van der Waals surface area contributed by atoms with Gasteiger partial charge < -0.3 is 10.1 Å². The molecule has 0 bridgehead atoms. The van der Waals surface area contributed by atoms with Crippen LogP contribution in [0.4, 0.5) is 0 Å². The zero-order valence-corrected chi connectivity index (χ0v) is 11.9. The summed E-state index contributed by atoms with van der Waals surface area (Å²) in [6.45, 7) is 3.09. The van der Waals surface area contributed by atoms with Gasteiger partial charge in [-0.05, 0) is 37.0 Å². The molecule has 104 valence electrons. The molecule has 20 heavy (non-hydrogen) atoms. The average molecular weight is 267 g/mol. The molecule has 0 fully saturated rings. The first-order chi connectivity index (χ1) is 9.83. The Balaban J connectivity index is 1.55. The van der Waals surface area contributed by atoms with E-state index in [0.29, 0.717) is 6.04 Å². The molecule has 2 aromatic rings. The van der Waals surface area contributed by atoms with Crippen molar-refractivity contribution in [2.24, 2.45) is 0 Å². The minimum atomic E-state index is 0.274. The summed E-state index contributed by atoms with van der Waals surface area (Å²) in [7, 11) is 0. The van der Waals surface area contributed by atoms with E-state index in [1.165, 1.54) is 11.1 Å². The zero-order chi connectivity index (χ0) is 13.8. The molecule has 1 aliphatic heterocycles. The number of hydrogen-bond donors (Lipinski definition) is 1. The molecular weight excluding hydrogens is 246 g/mol. The molecule has 0 radical (unpaired) electrons. The summed E-state index contributed by atoms with van der Waals surface area (Å²) in [5.74, 6) is 1.05. The van der Waals surface area contributed by atoms with E-state index in [-0.39, 0.29) is 6.10 Å². The van der Waals surface area contributed by atoms with Crippen LogP contribution in [-0.2, 0) is 6.42 Å². The van der Waals surface area contributed by atoms with Crippen LogP contribution in [-0.4, -0.2) is 12.6 Å². The van der Waals surface area contributed by atoms with E-state index >= 15 is 0 Å². The van der Waals surface area contributed by atoms with Gasteiger partial charge in [-0.1, -0.05) is 48.5 Å². The Bertz CT molecular complexity index is 552. The topological polar surface area (TPSA) is 21.3 Å². The van der Waals surface area contributed by atoms with Gasteiger partial charge in [0.15, 0.2) is 0 Å². The fourth-order valence-corrected chi connectivity index (χ4v) is 2.69. The van der Waals surface area contributed by atoms with Crippen molar-refractivity contribution in [3.63, 3.8) is 0 Å². The highest BCUT2D eigenvalue weighted by Gasteiger charge is 2.19. The smallest absolute Gasteiger partial charge is 0.122 e. The normalized spacial score (nSPS) is 18.9. The summed E-state index contributed by atoms with van der Waals surface area (Å²) in [6, 6.07) is 19.3. The van der Waals surface area contributed by atoms with Crippen LogP contribution >= 0.6 is 0 Å². The first kappa shape index (κ1) is 13.2. The molecule has 2 atom stereocenters. The summed E-state index contributed by atoms with van der Waals surface area (Å²) in [6.07, 6.45) is 2.48. The van der Waals surface area contributed by atoms with Crippen LogP contribution in [0.3, 0.4) is 0 Å². The molecule has 0 aliphatic carbocycles. The van der Waals surface area contributed by atoms with Crippen LogP contribution in [0.15, 0.2) is 54.6 Å². The third kappa shape index (κ3) is 3.02. The summed E-state index contributed by atoms with van der Waals surface area (Å²) in [5, 5.41) is 3.57. The average Bonchev–Trinajstić information content (AvgIpc) is 2.53. The number of para-hydroxylation sites is 1. The second-order valence-electron chi connectivity index (χ2n) is 5.43. The molecule has 2 aromatic carbocycles. The van der Waals surface area contributed by atoms with Crippen molar-refractivity contribution in [2.45, 2.75) is 31.9 Å². The minimum absolute atomic E-state index is 0.274. The third-order valence-corrected chi connectivity index (χ3v) is 3.95. The van der Waals surface area contributed by atoms with Gasteiger partial charge in [-0.3, -0.25) is 0 Å². The number of ether oxygens (including phenoxy) is 1. The molecule has 0 saturated heterocycles. The van der Waals surface area contributed by atoms with Gasteiger partial charge in [0.25, 0.3) is 0 Å². The van der Waals surface area contributed by atoms with E-state index in [1.807, 2.05) is 6.07 Å². The molecular formula is C18H21NO. The number of nitrogens with one attached hydrogen (secondary N) is 1. The van der Waals surface area contributed by atoms with Crippen LogP contribution in [0.5, 0.6) is 5.75 Å². The first-order valence-electron chi connectivity index (χ1n) is 7.36. The van der Waals surface area contributed by atoms with Crippen LogP contribution in [0.25, 0.3) is 0 Å². The van der Waals surface area contributed by atoms with Crippen molar-refractivity contribution in [1.82, 2.24) is 5.32 Å². The lowest BCUT2D eigenvalue weighted by Gasteiger charge is -2.27. The molecule has 0 aromatic heterocycles. The van der Waals surface area contributed by atoms with Crippen molar-refractivity contribution in [1.29, 1.82) is 0 Å². The van der Waals surface area contributed by atoms with Gasteiger partial charge in [0, 0.05) is 12.6 Å². The predicted molar refractivity (Wildman–Crippen MR) is 82.0 cm³/mol. The summed E-state index contributed by atoms with van der Waals surface area (Å²) in [5.41, 5.74) is 2.66. The zero-order valence-electron chi connectivity index (χ0n) is 11.9. The van der Waals surface area contributed by atoms with Crippen LogP contribution in [0, 0.1) is 0 Å². The van der Waals surface area contributed by atoms with Gasteiger partial charge in [0.2, 0.25) is 0 Å². The maximum Gasteiger partial charge on any atom is 0.122 e. The van der Waals surface area contributed by atoms with Crippen molar-refractivity contribution in [2.75, 3.05) is 6.54 Å². The van der Waals surface area contributed by atoms with E-state index in [2.05, 4.69) is 60.8 Å². The lowest BCUT2D eigenvalue weighted by molar-refractivity contribution is 0.167. The Morgan fingerprint density at radius 3 is 2.70 bits per heavy atom. The molecule has 3 rings (SSSR count). The monoisotopic (exact) mass is 267 g/mol. The van der Waals surface area contributed by atoms with E-state index in [9.17, 15) is 0 Å². The fourth-order valence-electron chi connectivity index (χ4n) is 2.69. The second-order valence-corrected chi connectivity index (χ2v) is 5.43. The van der Waals surface area contributed by atoms with Crippen molar-refractivity contribution in [3.05, 3.63) is 65.7 Å². The second kappa shape index (κ2) is 6.10. The predicted octanol–water partition coefficient (Wildman–Crippen LogP) is 3.73. The molecule has 2 nitrogen and oxygen atoms in total. The summed E-state index contributed by atoms with van der Waals surface area (Å²) in [4.78, 5) is 0. The molecule has 1 aliphatic rings. The van der Waals surface area contributed by atoms with E-state index < -0.39 is 0 Å². The largest absolute Gasteiger partial charge is 0.489 e. The number of aryl methyl sites for hydroxylation is 1. The Morgan fingerprint density at radius 2 is 1.85 bits per heavy atom. The Kier molecular flexibility index (Phi) is 4.03. The van der Waals surface area contributed by atoms with Crippen molar-refractivity contribution < 1.29 is 4.74 Å². The third-order valence-electron chi connectivity index (χ3n) is 3.95. The summed E-state index contributed by atoms with van der Waals surface area (Å²) < 4.78 is 6.06. The molecule has 1 heterocycles. The van der Waals surface area contributed by atoms with Gasteiger partial charge in [0.1, 0.15) is 11.9 Å². The number of hydrogen-bond acceptors (Lipinski definition) is 2. The number of rotatable bonds is 4. The van der Waals surface area contributed by atoms with E-state index in [4.69, 9.17) is 4.74 Å². The molecule has 2 unspecified atom stereocenters. The molecule has 2 heteroatoms. The standard InChI is InChI=1S/C18H21NO/c1-14(15-7-3-2-4-8-15)19-13-17-12-11-16-9-5-6-10-18(16)20-17/h2-10,14,17,19H,11-13H2,1H3. The van der Waals surface area contributed by atoms with Gasteiger partial charge in [0.05, 0.1) is 0 Å². The highest BCUT2D eigenvalue weighted by Crippen LogP contribution is 2.27. The van der Waals surface area contributed by atoms with E-state index in [1.54, 1.807) is 0 Å². The Hall–Kier alpha value is -1.80. The molecule has 0 amide bonds. The maximum absolute atomic E-state index is 6.06. The van der Waals surface area contributed by atoms with Crippen molar-refractivity contribution in [3.8, 4) is 5.75 Å². The van der Waals surface area contributed by atoms with Gasteiger partial charge in [-0.25, -0.2) is 0 Å². The Labute approximate surface area is 120 Å². The highest BCUT2D eigenvalue weighted by molar-refractivity contribution is 5.35. The van der Waals surface area contributed by atoms with Gasteiger partial charge in [-0.2, -0.15) is 0 Å². The first-order valence-corrected chi connectivity index (χ1v) is 7.36. The van der Waals surface area contributed by atoms with Gasteiger partial charge >= 0.3 is 0 Å². The number of fused-ring (bicyclic) bond motifs is 1. The quantitative estimate of drug-likeness (QED) is 0.911. The van der Waals surface area contributed by atoms with Gasteiger partial charge in [-0.15, -0.1) is 0 Å². The highest BCUT2D eigenvalue weighted by atomic mass is 16.5. The molecule has 0 spiro atoms. The number of benzene rings is 2. The van der Waals surface area contributed by atoms with Crippen LogP contribution < -0.4 is 10.1 Å². The van der Waals surface area contributed by atoms with Crippen molar-refractivity contribution >= 4 is 0 Å². The van der Waals surface area contributed by atoms with Crippen LogP contribution in [0.1, 0.15) is 30.5 Å². The fraction of sp³-hybridized carbons (Fsp3) is 0.333. The summed E-state index contributed by atoms with van der Waals surface area (Å²) >= 11 is 0. The molecule has 0 saturated carbocycles.